The molecule has 4 aliphatic rings. The summed E-state index contributed by atoms with van der Waals surface area (Å²) < 4.78 is 0. The molecule has 1 fully saturated rings. The van der Waals surface area contributed by atoms with Crippen LogP contribution in [-0.2, 0) is 32.9 Å². The highest BCUT2D eigenvalue weighted by Crippen LogP contribution is 2.48. The van der Waals surface area contributed by atoms with Crippen LogP contribution in [0.2, 0.25) is 0 Å². The van der Waals surface area contributed by atoms with Crippen molar-refractivity contribution >= 4 is 34.9 Å². The standard InChI is InChI=1S/C25H24N6O3/c1-25(30-11-9-17-14(13-30)12-27-24(26)28-17)10-3-4-15-21-16(25)5-2-6-18(21)31(23(15)34)19-7-8-20(32)29-22(19)33/h2-6,10,12,19H,7-9,11,13H2,1H3,(H2,26,27,28)(H,29,32,33). The topological polar surface area (TPSA) is 122 Å². The van der Waals surface area contributed by atoms with Gasteiger partial charge in [0.2, 0.25) is 17.8 Å². The molecule has 0 bridgehead atoms. The molecule has 34 heavy (non-hydrogen) atoms. The van der Waals surface area contributed by atoms with Gasteiger partial charge in [0.1, 0.15) is 6.04 Å². The summed E-state index contributed by atoms with van der Waals surface area (Å²) in [7, 11) is 0. The normalized spacial score (nSPS) is 26.0. The average Bonchev–Trinajstić information content (AvgIpc) is 2.99. The number of fused-ring (bicyclic) bond motifs is 1. The lowest BCUT2D eigenvalue weighted by atomic mass is 9.84. The maximum Gasteiger partial charge on any atom is 0.259 e. The average molecular weight is 457 g/mol. The number of nitrogens with two attached hydrogens (primary N) is 1. The van der Waals surface area contributed by atoms with Crippen LogP contribution in [0.4, 0.5) is 11.6 Å². The SMILES string of the molecule is CC1(N2CCc3nc(N)ncc3C2)C=CC=C2C(=O)N(C3CCC(=O)NC3=O)c3cccc1c32. The summed E-state index contributed by atoms with van der Waals surface area (Å²) in [5, 5.41) is 2.38. The molecule has 0 spiro atoms. The molecule has 9 nitrogen and oxygen atoms in total. The number of nitrogens with one attached hydrogen (secondary N) is 1. The van der Waals surface area contributed by atoms with Crippen molar-refractivity contribution in [1.29, 1.82) is 0 Å². The molecule has 2 aromatic rings. The van der Waals surface area contributed by atoms with E-state index in [0.29, 0.717) is 24.2 Å². The number of imide groups is 1. The first-order chi connectivity index (χ1) is 16.4. The quantitative estimate of drug-likeness (QED) is 0.656. The van der Waals surface area contributed by atoms with Crippen LogP contribution in [0, 0.1) is 0 Å². The molecule has 4 heterocycles. The third-order valence-electron chi connectivity index (χ3n) is 7.38. The van der Waals surface area contributed by atoms with Crippen molar-refractivity contribution in [3.63, 3.8) is 0 Å². The highest BCUT2D eigenvalue weighted by Gasteiger charge is 2.46. The molecule has 0 saturated carbocycles. The number of hydrogen-bond acceptors (Lipinski definition) is 7. The summed E-state index contributed by atoms with van der Waals surface area (Å²) in [6.07, 6.45) is 8.96. The number of anilines is 2. The molecular formula is C25H24N6O3. The molecule has 0 radical (unpaired) electrons. The van der Waals surface area contributed by atoms with Crippen molar-refractivity contribution in [2.45, 2.75) is 44.3 Å². The van der Waals surface area contributed by atoms with Gasteiger partial charge in [-0.2, -0.15) is 0 Å². The molecule has 1 aliphatic carbocycles. The summed E-state index contributed by atoms with van der Waals surface area (Å²) in [5.74, 6) is -0.650. The second-order valence-electron chi connectivity index (χ2n) is 9.30. The third-order valence-corrected chi connectivity index (χ3v) is 7.38. The highest BCUT2D eigenvalue weighted by molar-refractivity contribution is 6.34. The third kappa shape index (κ3) is 2.93. The van der Waals surface area contributed by atoms with Gasteiger partial charge < -0.3 is 5.73 Å². The summed E-state index contributed by atoms with van der Waals surface area (Å²) in [4.78, 5) is 50.4. The number of nitrogen functional groups attached to an aromatic ring is 1. The van der Waals surface area contributed by atoms with Crippen molar-refractivity contribution in [2.75, 3.05) is 17.2 Å². The fourth-order valence-corrected chi connectivity index (χ4v) is 5.61. The van der Waals surface area contributed by atoms with Crippen molar-refractivity contribution in [2.24, 2.45) is 0 Å². The minimum Gasteiger partial charge on any atom is -0.368 e. The Labute approximate surface area is 196 Å². The first-order valence-corrected chi connectivity index (χ1v) is 11.4. The van der Waals surface area contributed by atoms with Crippen LogP contribution in [0.3, 0.4) is 0 Å². The van der Waals surface area contributed by atoms with Gasteiger partial charge in [-0.25, -0.2) is 9.97 Å². The van der Waals surface area contributed by atoms with Gasteiger partial charge >= 0.3 is 0 Å². The molecule has 3 aliphatic heterocycles. The van der Waals surface area contributed by atoms with Gasteiger partial charge in [-0.15, -0.1) is 0 Å². The van der Waals surface area contributed by atoms with Crippen molar-refractivity contribution in [3.05, 3.63) is 65.0 Å². The maximum atomic E-state index is 13.6. The van der Waals surface area contributed by atoms with Crippen LogP contribution in [0.5, 0.6) is 0 Å². The Morgan fingerprint density at radius 2 is 2.06 bits per heavy atom. The van der Waals surface area contributed by atoms with E-state index in [1.165, 1.54) is 0 Å². The number of piperidine rings is 1. The smallest absolute Gasteiger partial charge is 0.259 e. The number of carbonyl (C=O) groups is 3. The molecule has 172 valence electrons. The van der Waals surface area contributed by atoms with E-state index in [1.54, 1.807) is 11.1 Å². The number of aromatic nitrogens is 2. The van der Waals surface area contributed by atoms with Crippen LogP contribution >= 0.6 is 0 Å². The molecule has 1 saturated heterocycles. The fourth-order valence-electron chi connectivity index (χ4n) is 5.61. The van der Waals surface area contributed by atoms with Gasteiger partial charge in [-0.1, -0.05) is 24.3 Å². The monoisotopic (exact) mass is 456 g/mol. The largest absolute Gasteiger partial charge is 0.368 e. The van der Waals surface area contributed by atoms with E-state index in [4.69, 9.17) is 5.73 Å². The minimum absolute atomic E-state index is 0.210. The molecular weight excluding hydrogens is 432 g/mol. The molecule has 6 rings (SSSR count). The zero-order chi connectivity index (χ0) is 23.6. The van der Waals surface area contributed by atoms with Gasteiger partial charge in [-0.05, 0) is 31.1 Å². The minimum atomic E-state index is -0.704. The lowest BCUT2D eigenvalue weighted by molar-refractivity contribution is -0.135. The second-order valence-corrected chi connectivity index (χ2v) is 9.30. The number of carbonyl (C=O) groups excluding carboxylic acids is 3. The van der Waals surface area contributed by atoms with Crippen LogP contribution in [0.25, 0.3) is 5.57 Å². The Morgan fingerprint density at radius 1 is 1.21 bits per heavy atom. The van der Waals surface area contributed by atoms with E-state index in [-0.39, 0.29) is 24.2 Å². The van der Waals surface area contributed by atoms with Crippen molar-refractivity contribution < 1.29 is 14.4 Å². The Balaban J connectivity index is 1.43. The molecule has 3 amide bonds. The lowest BCUT2D eigenvalue weighted by Crippen LogP contribution is -2.53. The van der Waals surface area contributed by atoms with E-state index < -0.39 is 17.5 Å². The molecule has 3 N–H and O–H groups in total. The Bertz CT molecular complexity index is 1330. The van der Waals surface area contributed by atoms with Crippen LogP contribution in [0.15, 0.2) is 42.6 Å². The second kappa shape index (κ2) is 7.33. The maximum absolute atomic E-state index is 13.6. The van der Waals surface area contributed by atoms with Gasteiger partial charge in [0.25, 0.3) is 5.91 Å². The fraction of sp³-hybridized carbons (Fsp3) is 0.320. The molecule has 9 heteroatoms. The number of nitrogens with zero attached hydrogens (tertiary/aromatic N) is 4. The van der Waals surface area contributed by atoms with Gasteiger partial charge in [0.15, 0.2) is 0 Å². The summed E-state index contributed by atoms with van der Waals surface area (Å²) in [5.41, 5.74) is 10.4. The lowest BCUT2D eigenvalue weighted by Gasteiger charge is -2.42. The number of benzene rings is 1. The molecule has 1 aromatic carbocycles. The predicted octanol–water partition coefficient (Wildman–Crippen LogP) is 1.44. The zero-order valence-corrected chi connectivity index (χ0v) is 18.7. The molecule has 2 atom stereocenters. The first kappa shape index (κ1) is 20.7. The van der Waals surface area contributed by atoms with Crippen molar-refractivity contribution in [1.82, 2.24) is 20.2 Å². The number of rotatable bonds is 2. The summed E-state index contributed by atoms with van der Waals surface area (Å²) >= 11 is 0. The van der Waals surface area contributed by atoms with Crippen molar-refractivity contribution in [3.8, 4) is 0 Å². The van der Waals surface area contributed by atoms with Crippen LogP contribution in [0.1, 0.15) is 42.1 Å². The van der Waals surface area contributed by atoms with E-state index >= 15 is 0 Å². The Kier molecular flexibility index (Phi) is 4.47. The first-order valence-electron chi connectivity index (χ1n) is 11.4. The van der Waals surface area contributed by atoms with Crippen LogP contribution < -0.4 is 16.0 Å². The summed E-state index contributed by atoms with van der Waals surface area (Å²) in [6.45, 7) is 3.58. The zero-order valence-electron chi connectivity index (χ0n) is 18.7. The highest BCUT2D eigenvalue weighted by atomic mass is 16.2. The van der Waals surface area contributed by atoms with E-state index in [0.717, 1.165) is 35.3 Å². The van der Waals surface area contributed by atoms with E-state index in [2.05, 4.69) is 39.3 Å². The molecule has 1 aromatic heterocycles. The Hall–Kier alpha value is -3.85. The van der Waals surface area contributed by atoms with E-state index in [9.17, 15) is 14.4 Å². The number of allylic oxidation sites excluding steroid dienone is 2. The van der Waals surface area contributed by atoms with E-state index in [1.807, 2.05) is 24.3 Å². The van der Waals surface area contributed by atoms with Gasteiger partial charge in [-0.3, -0.25) is 29.5 Å². The van der Waals surface area contributed by atoms with Gasteiger partial charge in [0, 0.05) is 48.8 Å². The van der Waals surface area contributed by atoms with Crippen LogP contribution in [-0.4, -0.2) is 45.2 Å². The Morgan fingerprint density at radius 3 is 2.88 bits per heavy atom. The van der Waals surface area contributed by atoms with Gasteiger partial charge in [0.05, 0.1) is 16.9 Å². The predicted molar refractivity (Wildman–Crippen MR) is 125 cm³/mol. The number of hydrogen-bond donors (Lipinski definition) is 2. The molecule has 2 unspecified atom stereocenters. The number of amides is 3. The summed E-state index contributed by atoms with van der Waals surface area (Å²) in [6, 6.07) is 5.17.